The third-order valence-electron chi connectivity index (χ3n) is 6.68. The lowest BCUT2D eigenvalue weighted by atomic mass is 10.0. The van der Waals surface area contributed by atoms with Gasteiger partial charge in [0, 0.05) is 23.2 Å². The normalized spacial score (nSPS) is 13.5. The van der Waals surface area contributed by atoms with E-state index in [0.29, 0.717) is 33.4 Å². The summed E-state index contributed by atoms with van der Waals surface area (Å²) in [6.07, 6.45) is 0. The van der Waals surface area contributed by atoms with Gasteiger partial charge >= 0.3 is 0 Å². The van der Waals surface area contributed by atoms with Crippen molar-refractivity contribution in [3.8, 4) is 16.9 Å². The molecule has 2 amide bonds. The number of hydrogen-bond acceptors (Lipinski definition) is 6. The number of rotatable bonds is 7. The average Bonchev–Trinajstić information content (AvgIpc) is 3.25. The molecule has 10 nitrogen and oxygen atoms in total. The zero-order valence-electron chi connectivity index (χ0n) is 21.0. The van der Waals surface area contributed by atoms with E-state index < -0.39 is 22.0 Å². The van der Waals surface area contributed by atoms with E-state index in [-0.39, 0.29) is 34.6 Å². The molecule has 1 aliphatic rings. The molecule has 4 aromatic carbocycles. The summed E-state index contributed by atoms with van der Waals surface area (Å²) in [4.78, 5) is 28.7. The third-order valence-corrected chi connectivity index (χ3v) is 7.65. The highest BCUT2D eigenvalue weighted by atomic mass is 32.2. The van der Waals surface area contributed by atoms with Crippen LogP contribution < -0.4 is 16.2 Å². The molecule has 0 saturated carbocycles. The van der Waals surface area contributed by atoms with Gasteiger partial charge in [-0.15, -0.1) is 0 Å². The number of amides is 2. The molecule has 1 aliphatic heterocycles. The second-order valence-corrected chi connectivity index (χ2v) is 10.8. The molecule has 0 saturated heterocycles. The number of primary sulfonamides is 1. The maximum atomic E-state index is 13.7. The molecule has 4 aromatic rings. The van der Waals surface area contributed by atoms with Crippen LogP contribution in [0.25, 0.3) is 11.1 Å². The van der Waals surface area contributed by atoms with Gasteiger partial charge in [0.2, 0.25) is 10.0 Å². The van der Waals surface area contributed by atoms with Gasteiger partial charge in [0.15, 0.2) is 0 Å². The van der Waals surface area contributed by atoms with Crippen molar-refractivity contribution in [1.29, 1.82) is 5.41 Å². The number of carbonyl (C=O) groups excluding carboxylic acids is 2. The number of fused-ring (bicyclic) bond motifs is 1. The van der Waals surface area contributed by atoms with Crippen LogP contribution >= 0.6 is 0 Å². The van der Waals surface area contributed by atoms with E-state index in [4.69, 9.17) is 16.3 Å². The number of nitrogens with two attached hydrogens (primary N) is 2. The predicted molar refractivity (Wildman–Crippen MR) is 150 cm³/mol. The zero-order valence-corrected chi connectivity index (χ0v) is 21.9. The van der Waals surface area contributed by atoms with E-state index >= 15 is 0 Å². The molecule has 5 rings (SSSR count). The van der Waals surface area contributed by atoms with Crippen LogP contribution in [-0.4, -0.2) is 36.1 Å². The second-order valence-electron chi connectivity index (χ2n) is 9.29. The van der Waals surface area contributed by atoms with Gasteiger partial charge in [-0.2, -0.15) is 0 Å². The summed E-state index contributed by atoms with van der Waals surface area (Å²) < 4.78 is 24.3. The first-order valence-corrected chi connectivity index (χ1v) is 13.7. The van der Waals surface area contributed by atoms with E-state index in [2.05, 4.69) is 5.32 Å². The Morgan fingerprint density at radius 3 is 2.35 bits per heavy atom. The number of carbonyl (C=O) groups is 2. The van der Waals surface area contributed by atoms with Crippen molar-refractivity contribution in [3.63, 3.8) is 0 Å². The van der Waals surface area contributed by atoms with Crippen molar-refractivity contribution in [2.75, 3.05) is 5.32 Å². The Morgan fingerprint density at radius 2 is 1.65 bits per heavy atom. The number of anilines is 1. The molecular formula is C29H25N5O5S. The van der Waals surface area contributed by atoms with Crippen molar-refractivity contribution in [1.82, 2.24) is 4.90 Å². The highest BCUT2D eigenvalue weighted by Gasteiger charge is 2.38. The molecule has 0 radical (unpaired) electrons. The SMILES string of the molecule is N=C(N)c1ccc(O)c(NC(=O)C(c2ccccc2)N2Cc3cc(-c4ccccc4S(N)(=O)=O)ccc3C2=O)c1. The van der Waals surface area contributed by atoms with Gasteiger partial charge in [-0.3, -0.25) is 15.0 Å². The Kier molecular flexibility index (Phi) is 6.84. The predicted octanol–water partition coefficient (Wildman–Crippen LogP) is 3.33. The van der Waals surface area contributed by atoms with Crippen molar-refractivity contribution in [2.45, 2.75) is 17.5 Å². The summed E-state index contributed by atoms with van der Waals surface area (Å²) in [6.45, 7) is 0.0754. The van der Waals surface area contributed by atoms with Gasteiger partial charge in [-0.25, -0.2) is 13.6 Å². The molecule has 1 unspecified atom stereocenters. The third kappa shape index (κ3) is 5.03. The molecule has 1 atom stereocenters. The Morgan fingerprint density at radius 1 is 0.950 bits per heavy atom. The van der Waals surface area contributed by atoms with Crippen LogP contribution in [0.15, 0.2) is 95.9 Å². The summed E-state index contributed by atoms with van der Waals surface area (Å²) in [5.74, 6) is -1.42. The number of nitrogen functional groups attached to an aromatic ring is 1. The standard InChI is InChI=1S/C29H25N5O5S/c30-27(31)19-11-13-24(35)23(15-19)33-28(36)26(17-6-2-1-3-7-17)34-16-20-14-18(10-12-22(20)29(34)37)21-8-4-5-9-25(21)40(32,38)39/h1-15,26,35H,16H2,(H3,30,31)(H,33,36)(H2,32,38,39). The molecule has 11 heteroatoms. The van der Waals surface area contributed by atoms with Crippen molar-refractivity contribution in [3.05, 3.63) is 113 Å². The monoisotopic (exact) mass is 555 g/mol. The topological polar surface area (TPSA) is 180 Å². The lowest BCUT2D eigenvalue weighted by Gasteiger charge is -2.27. The van der Waals surface area contributed by atoms with E-state index in [1.807, 2.05) is 0 Å². The lowest BCUT2D eigenvalue weighted by Crippen LogP contribution is -2.37. The highest BCUT2D eigenvalue weighted by Crippen LogP contribution is 2.36. The van der Waals surface area contributed by atoms with E-state index in [1.54, 1.807) is 66.7 Å². The summed E-state index contributed by atoms with van der Waals surface area (Å²) in [6, 6.07) is 23.1. The molecule has 0 aromatic heterocycles. The number of phenolic OH excluding ortho intramolecular Hbond substituents is 1. The summed E-state index contributed by atoms with van der Waals surface area (Å²) in [5, 5.41) is 26.1. The van der Waals surface area contributed by atoms with Crippen LogP contribution in [0.4, 0.5) is 5.69 Å². The van der Waals surface area contributed by atoms with Crippen molar-refractivity contribution < 1.29 is 23.1 Å². The first kappa shape index (κ1) is 26.6. The summed E-state index contributed by atoms with van der Waals surface area (Å²) in [5.41, 5.74) is 8.42. The molecule has 7 N–H and O–H groups in total. The zero-order chi connectivity index (χ0) is 28.6. The molecule has 0 fully saturated rings. The number of phenols is 1. The van der Waals surface area contributed by atoms with E-state index in [9.17, 15) is 23.1 Å². The molecule has 202 valence electrons. The number of nitrogens with zero attached hydrogens (tertiary/aromatic N) is 1. The molecule has 0 spiro atoms. The number of nitrogens with one attached hydrogen (secondary N) is 2. The van der Waals surface area contributed by atoms with Crippen LogP contribution in [0, 0.1) is 5.41 Å². The van der Waals surface area contributed by atoms with Crippen molar-refractivity contribution >= 4 is 33.4 Å². The first-order chi connectivity index (χ1) is 19.0. The van der Waals surface area contributed by atoms with Crippen LogP contribution in [0.2, 0.25) is 0 Å². The van der Waals surface area contributed by atoms with E-state index in [1.165, 1.54) is 29.2 Å². The Balaban J connectivity index is 1.52. The largest absolute Gasteiger partial charge is 0.506 e. The summed E-state index contributed by atoms with van der Waals surface area (Å²) in [7, 11) is -3.99. The number of sulfonamides is 1. The number of hydrogen-bond donors (Lipinski definition) is 5. The summed E-state index contributed by atoms with van der Waals surface area (Å²) >= 11 is 0. The van der Waals surface area contributed by atoms with Gasteiger partial charge in [0.25, 0.3) is 11.8 Å². The Hall–Kier alpha value is -5.00. The molecule has 0 bridgehead atoms. The average molecular weight is 556 g/mol. The fourth-order valence-corrected chi connectivity index (χ4v) is 5.55. The van der Waals surface area contributed by atoms with Gasteiger partial charge in [0.05, 0.1) is 10.6 Å². The van der Waals surface area contributed by atoms with Crippen LogP contribution in [-0.2, 0) is 21.4 Å². The number of aromatic hydroxyl groups is 1. The van der Waals surface area contributed by atoms with Gasteiger partial charge in [-0.1, -0.05) is 54.6 Å². The van der Waals surface area contributed by atoms with Crippen LogP contribution in [0.1, 0.15) is 33.1 Å². The molecule has 0 aliphatic carbocycles. The van der Waals surface area contributed by atoms with Crippen LogP contribution in [0.3, 0.4) is 0 Å². The first-order valence-electron chi connectivity index (χ1n) is 12.1. The fraction of sp³-hybridized carbons (Fsp3) is 0.0690. The lowest BCUT2D eigenvalue weighted by molar-refractivity contribution is -0.120. The smallest absolute Gasteiger partial charge is 0.255 e. The van der Waals surface area contributed by atoms with Crippen molar-refractivity contribution in [2.24, 2.45) is 10.9 Å². The van der Waals surface area contributed by atoms with Gasteiger partial charge in [-0.05, 0) is 53.1 Å². The minimum absolute atomic E-state index is 0.0368. The molecule has 1 heterocycles. The fourth-order valence-electron chi connectivity index (χ4n) is 4.79. The van der Waals surface area contributed by atoms with Crippen LogP contribution in [0.5, 0.6) is 5.75 Å². The van der Waals surface area contributed by atoms with E-state index in [0.717, 1.165) is 0 Å². The number of benzene rings is 4. The van der Waals surface area contributed by atoms with Gasteiger partial charge in [0.1, 0.15) is 17.6 Å². The Bertz CT molecular complexity index is 1770. The maximum Gasteiger partial charge on any atom is 0.255 e. The quantitative estimate of drug-likeness (QED) is 0.132. The minimum atomic E-state index is -3.99. The van der Waals surface area contributed by atoms with Gasteiger partial charge < -0.3 is 21.1 Å². The Labute approximate surface area is 230 Å². The highest BCUT2D eigenvalue weighted by molar-refractivity contribution is 7.89. The number of amidine groups is 1. The molecule has 40 heavy (non-hydrogen) atoms. The second kappa shape index (κ2) is 10.3. The minimum Gasteiger partial charge on any atom is -0.506 e. The maximum absolute atomic E-state index is 13.7. The molecular weight excluding hydrogens is 530 g/mol.